The Morgan fingerprint density at radius 2 is 2.00 bits per heavy atom. The zero-order valence-electron chi connectivity index (χ0n) is 10.8. The zero-order chi connectivity index (χ0) is 14.8. The number of amides is 1. The number of hydrogen-bond donors (Lipinski definition) is 1. The van der Waals surface area contributed by atoms with Crippen LogP contribution in [0.1, 0.15) is 6.92 Å². The van der Waals surface area contributed by atoms with Gasteiger partial charge in [0, 0.05) is 14.1 Å². The van der Waals surface area contributed by atoms with Gasteiger partial charge in [0.25, 0.3) is 5.91 Å². The van der Waals surface area contributed by atoms with Gasteiger partial charge in [0.15, 0.2) is 6.10 Å². The lowest BCUT2D eigenvalue weighted by Gasteiger charge is -2.19. The molecule has 0 fully saturated rings. The summed E-state index contributed by atoms with van der Waals surface area (Å²) < 4.78 is 40.9. The van der Waals surface area contributed by atoms with E-state index in [9.17, 15) is 17.6 Å². The van der Waals surface area contributed by atoms with E-state index in [4.69, 9.17) is 9.88 Å². The Bertz CT molecular complexity index is 586. The fourth-order valence-corrected chi connectivity index (χ4v) is 2.08. The number of carbonyl (C=O) groups excluding carboxylic acids is 1. The number of nitrogens with zero attached hydrogens (tertiary/aromatic N) is 1. The maximum Gasteiger partial charge on any atom is 0.262 e. The number of likely N-dealkylation sites (N-methyl/N-ethyl adjacent to an activating group) is 1. The number of ether oxygens (including phenoxy) is 1. The second-order valence-electron chi connectivity index (χ2n) is 4.13. The average molecular weight is 290 g/mol. The Kier molecular flexibility index (Phi) is 4.48. The molecule has 2 N–H and O–H groups in total. The third-order valence-corrected chi connectivity index (χ3v) is 3.24. The van der Waals surface area contributed by atoms with Crippen molar-refractivity contribution in [3.63, 3.8) is 0 Å². The van der Waals surface area contributed by atoms with Gasteiger partial charge in [-0.25, -0.2) is 17.9 Å². The molecule has 1 unspecified atom stereocenters. The smallest absolute Gasteiger partial charge is 0.262 e. The molecule has 0 bridgehead atoms. The predicted octanol–water partition coefficient (Wildman–Crippen LogP) is 0.329. The third-order valence-electron chi connectivity index (χ3n) is 2.30. The van der Waals surface area contributed by atoms with Crippen LogP contribution in [0.5, 0.6) is 5.75 Å². The molecule has 0 saturated heterocycles. The summed E-state index contributed by atoms with van der Waals surface area (Å²) in [6.07, 6.45) is -0.916. The number of rotatable bonds is 4. The van der Waals surface area contributed by atoms with Gasteiger partial charge in [-0.2, -0.15) is 0 Å². The van der Waals surface area contributed by atoms with Crippen LogP contribution in [0.15, 0.2) is 23.1 Å². The summed E-state index contributed by atoms with van der Waals surface area (Å²) in [6, 6.07) is 2.89. The number of nitrogens with two attached hydrogens (primary N) is 1. The lowest BCUT2D eigenvalue weighted by atomic mass is 10.3. The molecule has 0 heterocycles. The van der Waals surface area contributed by atoms with Crippen molar-refractivity contribution in [3.05, 3.63) is 24.0 Å². The topological polar surface area (TPSA) is 89.7 Å². The van der Waals surface area contributed by atoms with Crippen LogP contribution >= 0.6 is 0 Å². The van der Waals surface area contributed by atoms with Crippen molar-refractivity contribution in [2.75, 3.05) is 14.1 Å². The first-order valence-corrected chi connectivity index (χ1v) is 6.87. The standard InChI is InChI=1S/C11H15FN2O4S/c1-7(11(15)14(2)3)18-9-5-4-8(12)6-10(9)19(13,16)17/h4-7H,1-3H3,(H2,13,16,17). The molecule has 106 valence electrons. The second kappa shape index (κ2) is 5.54. The Balaban J connectivity index is 3.12. The van der Waals surface area contributed by atoms with E-state index < -0.39 is 26.8 Å². The molecule has 1 amide bonds. The quantitative estimate of drug-likeness (QED) is 0.865. The molecule has 0 spiro atoms. The van der Waals surface area contributed by atoms with E-state index in [2.05, 4.69) is 0 Å². The Morgan fingerprint density at radius 1 is 1.42 bits per heavy atom. The molecule has 0 aliphatic rings. The van der Waals surface area contributed by atoms with E-state index in [1.165, 1.54) is 25.9 Å². The van der Waals surface area contributed by atoms with Gasteiger partial charge in [0.05, 0.1) is 0 Å². The van der Waals surface area contributed by atoms with Crippen molar-refractivity contribution in [2.24, 2.45) is 5.14 Å². The van der Waals surface area contributed by atoms with Gasteiger partial charge in [-0.1, -0.05) is 0 Å². The van der Waals surface area contributed by atoms with Gasteiger partial charge in [-0.3, -0.25) is 4.79 Å². The van der Waals surface area contributed by atoms with Crippen LogP contribution in [0, 0.1) is 5.82 Å². The summed E-state index contributed by atoms with van der Waals surface area (Å²) in [4.78, 5) is 12.4. The highest BCUT2D eigenvalue weighted by Crippen LogP contribution is 2.24. The van der Waals surface area contributed by atoms with Gasteiger partial charge >= 0.3 is 0 Å². The van der Waals surface area contributed by atoms with Gasteiger partial charge in [0.2, 0.25) is 10.0 Å². The van der Waals surface area contributed by atoms with Crippen LogP contribution in [0.3, 0.4) is 0 Å². The Hall–Kier alpha value is -1.67. The number of carbonyl (C=O) groups is 1. The van der Waals surface area contributed by atoms with E-state index in [0.29, 0.717) is 0 Å². The van der Waals surface area contributed by atoms with Crippen LogP contribution in [-0.2, 0) is 14.8 Å². The molecular formula is C11H15FN2O4S. The Morgan fingerprint density at radius 3 is 2.47 bits per heavy atom. The summed E-state index contributed by atoms with van der Waals surface area (Å²) in [6.45, 7) is 1.46. The molecule has 19 heavy (non-hydrogen) atoms. The minimum absolute atomic E-state index is 0.161. The van der Waals surface area contributed by atoms with Gasteiger partial charge in [-0.15, -0.1) is 0 Å². The van der Waals surface area contributed by atoms with E-state index in [1.807, 2.05) is 0 Å². The van der Waals surface area contributed by atoms with Gasteiger partial charge < -0.3 is 9.64 Å². The lowest BCUT2D eigenvalue weighted by Crippen LogP contribution is -2.35. The first kappa shape index (κ1) is 15.4. The summed E-state index contributed by atoms with van der Waals surface area (Å²) in [5.74, 6) is -1.28. The molecule has 1 aromatic carbocycles. The lowest BCUT2D eigenvalue weighted by molar-refractivity contribution is -0.135. The highest BCUT2D eigenvalue weighted by molar-refractivity contribution is 7.89. The van der Waals surface area contributed by atoms with E-state index in [1.54, 1.807) is 0 Å². The summed E-state index contributed by atoms with van der Waals surface area (Å²) in [7, 11) is -1.07. The number of hydrogen-bond acceptors (Lipinski definition) is 4. The number of primary sulfonamides is 1. The molecule has 0 aliphatic carbocycles. The van der Waals surface area contributed by atoms with Crippen molar-refractivity contribution in [2.45, 2.75) is 17.9 Å². The largest absolute Gasteiger partial charge is 0.479 e. The molecular weight excluding hydrogens is 275 g/mol. The van der Waals surface area contributed by atoms with E-state index >= 15 is 0 Å². The highest BCUT2D eigenvalue weighted by atomic mass is 32.2. The average Bonchev–Trinajstić information content (AvgIpc) is 2.28. The third kappa shape index (κ3) is 3.90. The fraction of sp³-hybridized carbons (Fsp3) is 0.364. The molecule has 8 heteroatoms. The SMILES string of the molecule is CC(Oc1ccc(F)cc1S(N)(=O)=O)C(=O)N(C)C. The van der Waals surface area contributed by atoms with Crippen molar-refractivity contribution in [1.82, 2.24) is 4.90 Å². The summed E-state index contributed by atoms with van der Waals surface area (Å²) in [5.41, 5.74) is 0. The maximum atomic E-state index is 13.1. The monoisotopic (exact) mass is 290 g/mol. The first-order chi connectivity index (χ1) is 8.62. The van der Waals surface area contributed by atoms with Crippen molar-refractivity contribution in [1.29, 1.82) is 0 Å². The number of halogens is 1. The van der Waals surface area contributed by atoms with Crippen molar-refractivity contribution >= 4 is 15.9 Å². The van der Waals surface area contributed by atoms with Crippen molar-refractivity contribution in [3.8, 4) is 5.75 Å². The summed E-state index contributed by atoms with van der Waals surface area (Å²) >= 11 is 0. The van der Waals surface area contributed by atoms with Crippen molar-refractivity contribution < 1.29 is 22.3 Å². The fourth-order valence-electron chi connectivity index (χ4n) is 1.41. The molecule has 6 nitrogen and oxygen atoms in total. The van der Waals surface area contributed by atoms with Gasteiger partial charge in [0.1, 0.15) is 16.5 Å². The molecule has 1 aromatic rings. The normalized spacial score (nSPS) is 12.9. The first-order valence-electron chi connectivity index (χ1n) is 5.33. The molecule has 1 atom stereocenters. The van der Waals surface area contributed by atoms with Crippen LogP contribution < -0.4 is 9.88 Å². The van der Waals surface area contributed by atoms with E-state index in [0.717, 1.165) is 18.2 Å². The highest BCUT2D eigenvalue weighted by Gasteiger charge is 2.22. The number of benzene rings is 1. The zero-order valence-corrected chi connectivity index (χ0v) is 11.6. The van der Waals surface area contributed by atoms with Crippen LogP contribution in [0.25, 0.3) is 0 Å². The second-order valence-corrected chi connectivity index (χ2v) is 5.66. The van der Waals surface area contributed by atoms with Crippen LogP contribution in [-0.4, -0.2) is 39.4 Å². The molecule has 0 aromatic heterocycles. The van der Waals surface area contributed by atoms with Gasteiger partial charge in [-0.05, 0) is 25.1 Å². The Labute approximate surface area is 111 Å². The number of sulfonamides is 1. The minimum atomic E-state index is -4.14. The molecule has 0 aliphatic heterocycles. The van der Waals surface area contributed by atoms with Crippen LogP contribution in [0.4, 0.5) is 4.39 Å². The summed E-state index contributed by atoms with van der Waals surface area (Å²) in [5, 5.41) is 4.97. The molecule has 0 radical (unpaired) electrons. The predicted molar refractivity (Wildman–Crippen MR) is 66.6 cm³/mol. The van der Waals surface area contributed by atoms with Crippen LogP contribution in [0.2, 0.25) is 0 Å². The van der Waals surface area contributed by atoms with E-state index in [-0.39, 0.29) is 11.7 Å². The minimum Gasteiger partial charge on any atom is -0.479 e. The molecule has 1 rings (SSSR count). The molecule has 0 saturated carbocycles. The maximum absolute atomic E-state index is 13.1.